The molecule has 1 aliphatic heterocycles. The molecular formula is C17H22N6S. The molecule has 4 rings (SSSR count). The van der Waals surface area contributed by atoms with E-state index in [4.69, 9.17) is 4.98 Å². The molecule has 0 unspecified atom stereocenters. The monoisotopic (exact) mass is 342 g/mol. The lowest BCUT2D eigenvalue weighted by Gasteiger charge is -2.20. The lowest BCUT2D eigenvalue weighted by molar-refractivity contribution is 0.276. The molecule has 1 fully saturated rings. The lowest BCUT2D eigenvalue weighted by Crippen LogP contribution is -2.31. The Bertz CT molecular complexity index is 839. The van der Waals surface area contributed by atoms with E-state index < -0.39 is 0 Å². The van der Waals surface area contributed by atoms with Gasteiger partial charge in [-0.2, -0.15) is 4.37 Å². The Morgan fingerprint density at radius 1 is 1.08 bits per heavy atom. The number of aromatic nitrogens is 4. The van der Waals surface area contributed by atoms with Crippen molar-refractivity contribution in [2.45, 2.75) is 19.9 Å². The van der Waals surface area contributed by atoms with E-state index in [1.807, 2.05) is 13.0 Å². The van der Waals surface area contributed by atoms with E-state index in [0.717, 1.165) is 61.4 Å². The first kappa shape index (κ1) is 15.5. The van der Waals surface area contributed by atoms with Crippen LogP contribution in [0.1, 0.15) is 18.1 Å². The summed E-state index contributed by atoms with van der Waals surface area (Å²) in [4.78, 5) is 14.2. The highest BCUT2D eigenvalue weighted by Crippen LogP contribution is 2.20. The number of para-hydroxylation sites is 2. The average Bonchev–Trinajstić information content (AvgIpc) is 3.05. The molecule has 0 aliphatic carbocycles. The average molecular weight is 342 g/mol. The van der Waals surface area contributed by atoms with Crippen LogP contribution in [-0.2, 0) is 13.6 Å². The van der Waals surface area contributed by atoms with Gasteiger partial charge in [0.05, 0.1) is 17.6 Å². The molecule has 1 saturated heterocycles. The van der Waals surface area contributed by atoms with E-state index in [9.17, 15) is 0 Å². The molecule has 0 bridgehead atoms. The Kier molecular flexibility index (Phi) is 4.20. The number of imidazole rings is 1. The topological polar surface area (TPSA) is 50.1 Å². The van der Waals surface area contributed by atoms with Crippen LogP contribution in [0.25, 0.3) is 11.0 Å². The van der Waals surface area contributed by atoms with Crippen molar-refractivity contribution >= 4 is 27.7 Å². The Balaban J connectivity index is 1.46. The van der Waals surface area contributed by atoms with Crippen molar-refractivity contribution in [1.29, 1.82) is 0 Å². The molecule has 126 valence electrons. The molecule has 0 atom stereocenters. The molecule has 3 heterocycles. The first-order valence-electron chi connectivity index (χ1n) is 8.38. The second-order valence-corrected chi connectivity index (χ2v) is 7.05. The molecular weight excluding hydrogens is 320 g/mol. The Labute approximate surface area is 145 Å². The molecule has 0 N–H and O–H groups in total. The first-order chi connectivity index (χ1) is 11.7. The summed E-state index contributed by atoms with van der Waals surface area (Å²) in [6.07, 6.45) is 1.14. The number of rotatable bonds is 3. The summed E-state index contributed by atoms with van der Waals surface area (Å²) in [5.74, 6) is 2.01. The molecule has 24 heavy (non-hydrogen) atoms. The van der Waals surface area contributed by atoms with Crippen LogP contribution in [0.15, 0.2) is 24.3 Å². The van der Waals surface area contributed by atoms with Crippen LogP contribution in [0.4, 0.5) is 5.13 Å². The van der Waals surface area contributed by atoms with Crippen LogP contribution in [-0.4, -0.2) is 50.0 Å². The van der Waals surface area contributed by atoms with Gasteiger partial charge in [-0.1, -0.05) is 12.1 Å². The quantitative estimate of drug-likeness (QED) is 0.732. The molecule has 1 aliphatic rings. The highest BCUT2D eigenvalue weighted by molar-refractivity contribution is 7.09. The summed E-state index contributed by atoms with van der Waals surface area (Å²) in [5, 5.41) is 1.05. The standard InChI is InChI=1S/C17H22N6S/c1-13-18-17(24-20-13)23-9-5-8-22(10-11-23)12-16-19-14-6-3-4-7-15(14)21(16)2/h3-4,6-7H,5,8-12H2,1-2H3. The van der Waals surface area contributed by atoms with Crippen LogP contribution in [0.2, 0.25) is 0 Å². The van der Waals surface area contributed by atoms with Gasteiger partial charge < -0.3 is 9.47 Å². The molecule has 1 aromatic carbocycles. The Morgan fingerprint density at radius 2 is 1.96 bits per heavy atom. The predicted molar refractivity (Wildman–Crippen MR) is 97.5 cm³/mol. The molecule has 0 saturated carbocycles. The second kappa shape index (κ2) is 6.49. The normalized spacial score (nSPS) is 16.7. The Hall–Kier alpha value is -1.99. The highest BCUT2D eigenvalue weighted by atomic mass is 32.1. The van der Waals surface area contributed by atoms with Gasteiger partial charge in [0.25, 0.3) is 0 Å². The fourth-order valence-corrected chi connectivity index (χ4v) is 4.00. The summed E-state index contributed by atoms with van der Waals surface area (Å²) in [6, 6.07) is 8.34. The molecule has 6 nitrogen and oxygen atoms in total. The molecule has 3 aromatic rings. The third kappa shape index (κ3) is 3.01. The summed E-state index contributed by atoms with van der Waals surface area (Å²) in [7, 11) is 2.11. The van der Waals surface area contributed by atoms with Gasteiger partial charge in [-0.25, -0.2) is 9.97 Å². The molecule has 0 amide bonds. The van der Waals surface area contributed by atoms with Gasteiger partial charge in [0.1, 0.15) is 11.6 Å². The number of hydrogen-bond acceptors (Lipinski definition) is 6. The van der Waals surface area contributed by atoms with Crippen molar-refractivity contribution in [2.24, 2.45) is 7.05 Å². The third-order valence-corrected chi connectivity index (χ3v) is 5.49. The number of aryl methyl sites for hydroxylation is 2. The minimum absolute atomic E-state index is 0.871. The van der Waals surface area contributed by atoms with Gasteiger partial charge in [0.2, 0.25) is 5.13 Å². The Morgan fingerprint density at radius 3 is 2.75 bits per heavy atom. The predicted octanol–water partition coefficient (Wildman–Crippen LogP) is 2.45. The largest absolute Gasteiger partial charge is 0.346 e. The third-order valence-electron chi connectivity index (χ3n) is 4.62. The first-order valence-corrected chi connectivity index (χ1v) is 9.16. The van der Waals surface area contributed by atoms with E-state index in [-0.39, 0.29) is 0 Å². The summed E-state index contributed by atoms with van der Waals surface area (Å²) < 4.78 is 6.52. The fourth-order valence-electron chi connectivity index (χ4n) is 3.27. The zero-order chi connectivity index (χ0) is 16.5. The maximum absolute atomic E-state index is 4.80. The number of fused-ring (bicyclic) bond motifs is 1. The minimum atomic E-state index is 0.871. The van der Waals surface area contributed by atoms with Crippen molar-refractivity contribution in [3.05, 3.63) is 35.9 Å². The number of hydrogen-bond donors (Lipinski definition) is 0. The van der Waals surface area contributed by atoms with E-state index in [1.54, 1.807) is 0 Å². The second-order valence-electron chi connectivity index (χ2n) is 6.32. The van der Waals surface area contributed by atoms with Gasteiger partial charge in [-0.15, -0.1) is 0 Å². The van der Waals surface area contributed by atoms with E-state index in [0.29, 0.717) is 0 Å². The molecule has 2 aromatic heterocycles. The number of anilines is 1. The molecule has 7 heteroatoms. The van der Waals surface area contributed by atoms with Crippen molar-refractivity contribution in [1.82, 2.24) is 23.8 Å². The smallest absolute Gasteiger partial charge is 0.205 e. The summed E-state index contributed by atoms with van der Waals surface area (Å²) in [5.41, 5.74) is 2.28. The van der Waals surface area contributed by atoms with E-state index >= 15 is 0 Å². The zero-order valence-electron chi connectivity index (χ0n) is 14.1. The van der Waals surface area contributed by atoms with Crippen LogP contribution in [0.3, 0.4) is 0 Å². The number of benzene rings is 1. The van der Waals surface area contributed by atoms with Gasteiger partial charge in [-0.05, 0) is 25.5 Å². The SMILES string of the molecule is Cc1nsc(N2CCCN(Cc3nc4ccccc4n3C)CC2)n1. The van der Waals surface area contributed by atoms with Crippen molar-refractivity contribution in [3.63, 3.8) is 0 Å². The molecule has 0 spiro atoms. The van der Waals surface area contributed by atoms with Gasteiger partial charge >= 0.3 is 0 Å². The molecule has 0 radical (unpaired) electrons. The lowest BCUT2D eigenvalue weighted by atomic mass is 10.3. The van der Waals surface area contributed by atoms with Crippen LogP contribution < -0.4 is 4.90 Å². The minimum Gasteiger partial charge on any atom is -0.346 e. The van der Waals surface area contributed by atoms with Crippen molar-refractivity contribution < 1.29 is 0 Å². The van der Waals surface area contributed by atoms with Crippen molar-refractivity contribution in [2.75, 3.05) is 31.1 Å². The van der Waals surface area contributed by atoms with Gasteiger partial charge in [0, 0.05) is 44.8 Å². The maximum atomic E-state index is 4.80. The highest BCUT2D eigenvalue weighted by Gasteiger charge is 2.19. The summed E-state index contributed by atoms with van der Waals surface area (Å²) in [6.45, 7) is 7.02. The van der Waals surface area contributed by atoms with Crippen LogP contribution >= 0.6 is 11.5 Å². The maximum Gasteiger partial charge on any atom is 0.205 e. The van der Waals surface area contributed by atoms with Crippen LogP contribution in [0.5, 0.6) is 0 Å². The fraction of sp³-hybridized carbons (Fsp3) is 0.471. The number of nitrogens with zero attached hydrogens (tertiary/aromatic N) is 6. The van der Waals surface area contributed by atoms with Gasteiger partial charge in [0.15, 0.2) is 0 Å². The van der Waals surface area contributed by atoms with Gasteiger partial charge in [-0.3, -0.25) is 4.90 Å². The van der Waals surface area contributed by atoms with Crippen molar-refractivity contribution in [3.8, 4) is 0 Å². The summed E-state index contributed by atoms with van der Waals surface area (Å²) >= 11 is 1.51. The van der Waals surface area contributed by atoms with E-state index in [1.165, 1.54) is 17.0 Å². The van der Waals surface area contributed by atoms with Crippen LogP contribution in [0, 0.1) is 6.92 Å². The zero-order valence-corrected chi connectivity index (χ0v) is 15.0. The van der Waals surface area contributed by atoms with E-state index in [2.05, 4.69) is 49.0 Å².